The number of benzene rings is 1. The van der Waals surface area contributed by atoms with Gasteiger partial charge < -0.3 is 15.4 Å². The summed E-state index contributed by atoms with van der Waals surface area (Å²) >= 11 is 0. The Hall–Kier alpha value is -3.94. The summed E-state index contributed by atoms with van der Waals surface area (Å²) in [6.07, 6.45) is 5.31. The Balaban J connectivity index is 1.21. The predicted octanol–water partition coefficient (Wildman–Crippen LogP) is 3.30. The number of nitrogen functional groups attached to an aromatic ring is 1. The number of piperidine rings is 1. The van der Waals surface area contributed by atoms with E-state index in [1.165, 1.54) is 0 Å². The number of amides is 1. The van der Waals surface area contributed by atoms with Gasteiger partial charge in [-0.05, 0) is 55.2 Å². The van der Waals surface area contributed by atoms with E-state index < -0.39 is 0 Å². The van der Waals surface area contributed by atoms with Crippen molar-refractivity contribution < 1.29 is 9.53 Å². The van der Waals surface area contributed by atoms with Crippen molar-refractivity contribution in [1.29, 1.82) is 0 Å². The van der Waals surface area contributed by atoms with Gasteiger partial charge >= 0.3 is 0 Å². The first-order valence-corrected chi connectivity index (χ1v) is 10.7. The van der Waals surface area contributed by atoms with E-state index in [9.17, 15) is 4.79 Å². The Labute approximate surface area is 185 Å². The van der Waals surface area contributed by atoms with Crippen LogP contribution in [0.5, 0.6) is 5.75 Å². The van der Waals surface area contributed by atoms with Crippen molar-refractivity contribution in [3.63, 3.8) is 0 Å². The average molecular weight is 428 g/mol. The van der Waals surface area contributed by atoms with Crippen molar-refractivity contribution in [1.82, 2.24) is 24.5 Å². The first-order chi connectivity index (χ1) is 15.7. The molecule has 1 aromatic carbocycles. The second kappa shape index (κ2) is 8.66. The molecule has 1 saturated heterocycles. The molecule has 1 aliphatic heterocycles. The fourth-order valence-electron chi connectivity index (χ4n) is 4.06. The molecular formula is C24H24N6O2. The number of pyridine rings is 2. The van der Waals surface area contributed by atoms with Gasteiger partial charge in [0.15, 0.2) is 5.65 Å². The molecule has 1 aliphatic rings. The topological polar surface area (TPSA) is 98.6 Å². The van der Waals surface area contributed by atoms with Gasteiger partial charge in [0.1, 0.15) is 5.75 Å². The summed E-state index contributed by atoms with van der Waals surface area (Å²) in [5.74, 6) is 1.53. The highest BCUT2D eigenvalue weighted by Crippen LogP contribution is 2.24. The van der Waals surface area contributed by atoms with Crippen LogP contribution in [-0.4, -0.2) is 50.1 Å². The largest absolute Gasteiger partial charge is 0.492 e. The molecule has 1 fully saturated rings. The molecular weight excluding hydrogens is 404 g/mol. The van der Waals surface area contributed by atoms with Crippen LogP contribution in [0.15, 0.2) is 67.0 Å². The minimum atomic E-state index is 0.0615. The first kappa shape index (κ1) is 20.0. The predicted molar refractivity (Wildman–Crippen MR) is 121 cm³/mol. The summed E-state index contributed by atoms with van der Waals surface area (Å²) in [6, 6.07) is 17.1. The monoisotopic (exact) mass is 428 g/mol. The number of rotatable bonds is 5. The van der Waals surface area contributed by atoms with Crippen LogP contribution in [0.25, 0.3) is 16.9 Å². The van der Waals surface area contributed by atoms with Crippen LogP contribution in [0.1, 0.15) is 23.2 Å². The number of aromatic nitrogens is 4. The molecule has 32 heavy (non-hydrogen) atoms. The Morgan fingerprint density at radius 2 is 1.88 bits per heavy atom. The molecule has 8 heteroatoms. The number of anilines is 1. The van der Waals surface area contributed by atoms with Crippen molar-refractivity contribution in [3.8, 4) is 17.0 Å². The zero-order chi connectivity index (χ0) is 21.9. The smallest absolute Gasteiger partial charge is 0.253 e. The first-order valence-electron chi connectivity index (χ1n) is 10.7. The van der Waals surface area contributed by atoms with Crippen LogP contribution in [-0.2, 0) is 0 Å². The lowest BCUT2D eigenvalue weighted by atomic mass is 9.97. The molecule has 4 heterocycles. The third-order valence-electron chi connectivity index (χ3n) is 5.83. The summed E-state index contributed by atoms with van der Waals surface area (Å²) in [6.45, 7) is 2.12. The maximum Gasteiger partial charge on any atom is 0.253 e. The average Bonchev–Trinajstić information content (AvgIpc) is 3.24. The fourth-order valence-corrected chi connectivity index (χ4v) is 4.06. The van der Waals surface area contributed by atoms with Crippen molar-refractivity contribution in [2.45, 2.75) is 12.8 Å². The van der Waals surface area contributed by atoms with Gasteiger partial charge in [-0.1, -0.05) is 18.2 Å². The highest BCUT2D eigenvalue weighted by molar-refractivity contribution is 5.94. The molecule has 0 aliphatic carbocycles. The lowest BCUT2D eigenvalue weighted by Crippen LogP contribution is -2.39. The van der Waals surface area contributed by atoms with E-state index in [1.807, 2.05) is 59.5 Å². The van der Waals surface area contributed by atoms with Gasteiger partial charge in [-0.15, -0.1) is 5.10 Å². The van der Waals surface area contributed by atoms with Gasteiger partial charge in [0.05, 0.1) is 18.5 Å². The standard InChI is InChI=1S/C24H24N6O2/c25-24-27-22-5-1-4-21(30(22)28-24)18-6-8-19(9-7-18)23(31)29-13-10-17(11-14-29)16-32-20-3-2-12-26-15-20/h1-9,12,15,17H,10-11,13-14,16H2,(H2,25,28). The quantitative estimate of drug-likeness (QED) is 0.524. The fraction of sp³-hybridized carbons (Fsp3) is 0.250. The molecule has 0 atom stereocenters. The number of carbonyl (C=O) groups excluding carboxylic acids is 1. The summed E-state index contributed by atoms with van der Waals surface area (Å²) in [5.41, 5.74) is 8.94. The molecule has 3 aromatic heterocycles. The zero-order valence-electron chi connectivity index (χ0n) is 17.6. The number of hydrogen-bond donors (Lipinski definition) is 1. The Morgan fingerprint density at radius 3 is 2.62 bits per heavy atom. The lowest BCUT2D eigenvalue weighted by Gasteiger charge is -2.32. The Kier molecular flexibility index (Phi) is 5.41. The number of likely N-dealkylation sites (tertiary alicyclic amines) is 1. The van der Waals surface area contributed by atoms with Crippen LogP contribution >= 0.6 is 0 Å². The number of fused-ring (bicyclic) bond motifs is 1. The molecule has 8 nitrogen and oxygen atoms in total. The second-order valence-corrected chi connectivity index (χ2v) is 7.96. The Morgan fingerprint density at radius 1 is 1.06 bits per heavy atom. The minimum Gasteiger partial charge on any atom is -0.492 e. The van der Waals surface area contributed by atoms with Gasteiger partial charge in [-0.25, -0.2) is 4.52 Å². The summed E-state index contributed by atoms with van der Waals surface area (Å²) in [7, 11) is 0. The summed E-state index contributed by atoms with van der Waals surface area (Å²) < 4.78 is 7.54. The van der Waals surface area contributed by atoms with Crippen LogP contribution in [0.4, 0.5) is 5.95 Å². The van der Waals surface area contributed by atoms with Crippen molar-refractivity contribution in [2.75, 3.05) is 25.4 Å². The van der Waals surface area contributed by atoms with Gasteiger partial charge in [0, 0.05) is 30.4 Å². The van der Waals surface area contributed by atoms with E-state index >= 15 is 0 Å². The van der Waals surface area contributed by atoms with E-state index in [4.69, 9.17) is 10.5 Å². The van der Waals surface area contributed by atoms with E-state index in [0.29, 0.717) is 23.7 Å². The number of ether oxygens (including phenoxy) is 1. The van der Waals surface area contributed by atoms with E-state index in [2.05, 4.69) is 15.1 Å². The molecule has 0 radical (unpaired) electrons. The molecule has 0 spiro atoms. The molecule has 1 amide bonds. The van der Waals surface area contributed by atoms with Gasteiger partial charge in [0.2, 0.25) is 5.95 Å². The molecule has 5 rings (SSSR count). The maximum atomic E-state index is 13.0. The third-order valence-corrected chi connectivity index (χ3v) is 5.83. The highest BCUT2D eigenvalue weighted by atomic mass is 16.5. The third kappa shape index (κ3) is 4.12. The molecule has 0 saturated carbocycles. The minimum absolute atomic E-state index is 0.0615. The van der Waals surface area contributed by atoms with Crippen LogP contribution in [0.3, 0.4) is 0 Å². The summed E-state index contributed by atoms with van der Waals surface area (Å²) in [5, 5.41) is 4.26. The molecule has 4 aromatic rings. The molecule has 0 unspecified atom stereocenters. The van der Waals surface area contributed by atoms with E-state index in [-0.39, 0.29) is 11.9 Å². The van der Waals surface area contributed by atoms with Crippen molar-refractivity contribution in [3.05, 3.63) is 72.6 Å². The van der Waals surface area contributed by atoms with Crippen LogP contribution in [0, 0.1) is 5.92 Å². The zero-order valence-corrected chi connectivity index (χ0v) is 17.6. The van der Waals surface area contributed by atoms with Crippen molar-refractivity contribution in [2.24, 2.45) is 5.92 Å². The number of carbonyl (C=O) groups is 1. The van der Waals surface area contributed by atoms with E-state index in [0.717, 1.165) is 42.9 Å². The summed E-state index contributed by atoms with van der Waals surface area (Å²) in [4.78, 5) is 23.2. The SMILES string of the molecule is Nc1nc2cccc(-c3ccc(C(=O)N4CCC(COc5cccnc5)CC4)cc3)n2n1. The van der Waals surface area contributed by atoms with Gasteiger partial charge in [-0.2, -0.15) is 4.98 Å². The molecule has 2 N–H and O–H groups in total. The van der Waals surface area contributed by atoms with Crippen LogP contribution in [0.2, 0.25) is 0 Å². The second-order valence-electron chi connectivity index (χ2n) is 7.96. The van der Waals surface area contributed by atoms with E-state index in [1.54, 1.807) is 16.9 Å². The Bertz CT molecular complexity index is 1210. The number of nitrogens with zero attached hydrogens (tertiary/aromatic N) is 5. The number of nitrogens with two attached hydrogens (primary N) is 1. The van der Waals surface area contributed by atoms with Crippen molar-refractivity contribution >= 4 is 17.5 Å². The van der Waals surface area contributed by atoms with Crippen LogP contribution < -0.4 is 10.5 Å². The van der Waals surface area contributed by atoms with Gasteiger partial charge in [-0.3, -0.25) is 9.78 Å². The highest BCUT2D eigenvalue weighted by Gasteiger charge is 2.24. The number of hydrogen-bond acceptors (Lipinski definition) is 6. The van der Waals surface area contributed by atoms with Gasteiger partial charge in [0.25, 0.3) is 5.91 Å². The molecule has 162 valence electrons. The molecule has 0 bridgehead atoms. The lowest BCUT2D eigenvalue weighted by molar-refractivity contribution is 0.0661. The maximum absolute atomic E-state index is 13.0. The normalized spacial score (nSPS) is 14.6.